The Morgan fingerprint density at radius 1 is 1.19 bits per heavy atom. The fourth-order valence-corrected chi connectivity index (χ4v) is 7.23. The average molecular weight is 427 g/mol. The van der Waals surface area contributed by atoms with Crippen LogP contribution in [0.25, 0.3) is 0 Å². The lowest BCUT2D eigenvalue weighted by Crippen LogP contribution is -2.32. The standard InChI is InChI=1S/C21H24Cl2O3S/c1-21(13-4-2-3-5-13)10-12-9-15(17(22)18(23)16(12)19(21)24)27-14-7-6-11(8-14)20(25)26/h9,11,13-14H,2-8,10H2,1H3,(H,25,26)/t11-,14-,21?/m0/s1. The molecule has 1 N–H and O–H groups in total. The number of fused-ring (bicyclic) bond motifs is 1. The number of carboxylic acids is 1. The van der Waals surface area contributed by atoms with Crippen LogP contribution in [0.3, 0.4) is 0 Å². The van der Waals surface area contributed by atoms with Gasteiger partial charge in [-0.15, -0.1) is 11.8 Å². The predicted octanol–water partition coefficient (Wildman–Crippen LogP) is 6.27. The Morgan fingerprint density at radius 2 is 1.89 bits per heavy atom. The highest BCUT2D eigenvalue weighted by Gasteiger charge is 2.49. The second-order valence-corrected chi connectivity index (χ2v) is 10.6. The van der Waals surface area contributed by atoms with Crippen LogP contribution in [0.2, 0.25) is 10.0 Å². The van der Waals surface area contributed by atoms with Gasteiger partial charge in [0.05, 0.1) is 16.0 Å². The summed E-state index contributed by atoms with van der Waals surface area (Å²) in [5.74, 6) is -0.401. The first-order chi connectivity index (χ1) is 12.8. The molecule has 0 saturated heterocycles. The molecular formula is C21H24Cl2O3S. The zero-order valence-electron chi connectivity index (χ0n) is 15.4. The molecule has 4 rings (SSSR count). The molecule has 27 heavy (non-hydrogen) atoms. The first kappa shape index (κ1) is 19.6. The number of Topliss-reactive ketones (excluding diaryl/α,β-unsaturated/α-hetero) is 1. The van der Waals surface area contributed by atoms with E-state index in [1.165, 1.54) is 12.8 Å². The van der Waals surface area contributed by atoms with Gasteiger partial charge in [0.25, 0.3) is 0 Å². The number of halogens is 2. The molecule has 1 aromatic carbocycles. The number of aliphatic carboxylic acids is 1. The molecule has 0 spiro atoms. The van der Waals surface area contributed by atoms with Crippen LogP contribution in [0.4, 0.5) is 0 Å². The second-order valence-electron chi connectivity index (χ2n) is 8.53. The smallest absolute Gasteiger partial charge is 0.306 e. The number of carboxylic acid groups (broad SMARTS) is 1. The maximum absolute atomic E-state index is 13.2. The minimum atomic E-state index is -0.714. The van der Waals surface area contributed by atoms with Crippen molar-refractivity contribution in [3.8, 4) is 0 Å². The van der Waals surface area contributed by atoms with E-state index in [0.717, 1.165) is 36.1 Å². The van der Waals surface area contributed by atoms with Crippen LogP contribution in [0.5, 0.6) is 0 Å². The molecule has 1 unspecified atom stereocenters. The Hall–Kier alpha value is -0.710. The van der Waals surface area contributed by atoms with Gasteiger partial charge in [-0.25, -0.2) is 0 Å². The van der Waals surface area contributed by atoms with Gasteiger partial charge < -0.3 is 5.11 Å². The van der Waals surface area contributed by atoms with Crippen molar-refractivity contribution in [2.45, 2.75) is 68.4 Å². The monoisotopic (exact) mass is 426 g/mol. The summed E-state index contributed by atoms with van der Waals surface area (Å²) in [5.41, 5.74) is 1.27. The number of carbonyl (C=O) groups excluding carboxylic acids is 1. The summed E-state index contributed by atoms with van der Waals surface area (Å²) in [6.45, 7) is 2.09. The van der Waals surface area contributed by atoms with Crippen molar-refractivity contribution in [2.75, 3.05) is 0 Å². The van der Waals surface area contributed by atoms with Crippen LogP contribution in [0.15, 0.2) is 11.0 Å². The molecule has 0 heterocycles. The zero-order chi connectivity index (χ0) is 19.3. The van der Waals surface area contributed by atoms with Gasteiger partial charge in [-0.2, -0.15) is 0 Å². The number of hydrogen-bond donors (Lipinski definition) is 1. The molecule has 0 radical (unpaired) electrons. The number of hydrogen-bond acceptors (Lipinski definition) is 3. The zero-order valence-corrected chi connectivity index (χ0v) is 17.7. The Morgan fingerprint density at radius 3 is 2.52 bits per heavy atom. The van der Waals surface area contributed by atoms with Crippen LogP contribution in [-0.2, 0) is 11.2 Å². The van der Waals surface area contributed by atoms with E-state index in [0.29, 0.717) is 34.4 Å². The number of benzene rings is 1. The van der Waals surface area contributed by atoms with Gasteiger partial charge in [-0.3, -0.25) is 9.59 Å². The highest BCUT2D eigenvalue weighted by molar-refractivity contribution is 8.00. The number of ketones is 1. The normalized spacial score (nSPS) is 30.9. The SMILES string of the molecule is CC1(C2CCCC2)Cc2cc(S[C@H]3CC[C@H](C(=O)O)C3)c(Cl)c(Cl)c2C1=O. The quantitative estimate of drug-likeness (QED) is 0.615. The Labute approximate surface area is 174 Å². The number of carbonyl (C=O) groups is 2. The first-order valence-electron chi connectivity index (χ1n) is 9.76. The first-order valence-corrected chi connectivity index (χ1v) is 11.4. The van der Waals surface area contributed by atoms with Gasteiger partial charge in [-0.05, 0) is 56.1 Å². The van der Waals surface area contributed by atoms with E-state index in [4.69, 9.17) is 23.2 Å². The summed E-state index contributed by atoms with van der Waals surface area (Å²) >= 11 is 14.7. The molecule has 0 aromatic heterocycles. The molecule has 6 heteroatoms. The van der Waals surface area contributed by atoms with Gasteiger partial charge in [0, 0.05) is 21.1 Å². The Balaban J connectivity index is 1.61. The third kappa shape index (κ3) is 3.32. The van der Waals surface area contributed by atoms with Gasteiger partial charge >= 0.3 is 5.97 Å². The molecule has 0 amide bonds. The minimum absolute atomic E-state index is 0.152. The summed E-state index contributed by atoms with van der Waals surface area (Å²) in [6.07, 6.45) is 7.59. The maximum Gasteiger partial charge on any atom is 0.306 e. The molecule has 0 aliphatic heterocycles. The molecule has 2 saturated carbocycles. The highest BCUT2D eigenvalue weighted by atomic mass is 35.5. The van der Waals surface area contributed by atoms with Crippen molar-refractivity contribution >= 4 is 46.7 Å². The topological polar surface area (TPSA) is 54.4 Å². The van der Waals surface area contributed by atoms with Gasteiger partial charge in [0.15, 0.2) is 5.78 Å². The molecule has 2 fully saturated rings. The van der Waals surface area contributed by atoms with E-state index in [1.54, 1.807) is 11.8 Å². The lowest BCUT2D eigenvalue weighted by molar-refractivity contribution is -0.141. The minimum Gasteiger partial charge on any atom is -0.481 e. The summed E-state index contributed by atoms with van der Waals surface area (Å²) in [5, 5.41) is 10.3. The van der Waals surface area contributed by atoms with Crippen LogP contribution < -0.4 is 0 Å². The van der Waals surface area contributed by atoms with Crippen molar-refractivity contribution in [1.82, 2.24) is 0 Å². The van der Waals surface area contributed by atoms with Crippen LogP contribution in [0.1, 0.15) is 67.8 Å². The summed E-state index contributed by atoms with van der Waals surface area (Å²) in [6, 6.07) is 2.04. The number of thioether (sulfide) groups is 1. The summed E-state index contributed by atoms with van der Waals surface area (Å²) in [7, 11) is 0. The van der Waals surface area contributed by atoms with Gasteiger partial charge in [0.1, 0.15) is 0 Å². The van der Waals surface area contributed by atoms with E-state index in [1.807, 2.05) is 6.07 Å². The van der Waals surface area contributed by atoms with Crippen LogP contribution >= 0.6 is 35.0 Å². The van der Waals surface area contributed by atoms with E-state index in [2.05, 4.69) is 6.92 Å². The third-order valence-electron chi connectivity index (χ3n) is 6.84. The van der Waals surface area contributed by atoms with Gasteiger partial charge in [-0.1, -0.05) is 43.0 Å². The molecule has 3 nitrogen and oxygen atoms in total. The van der Waals surface area contributed by atoms with Crippen molar-refractivity contribution in [3.05, 3.63) is 27.2 Å². The highest BCUT2D eigenvalue weighted by Crippen LogP contribution is 2.53. The lowest BCUT2D eigenvalue weighted by atomic mass is 9.73. The predicted molar refractivity (Wildman–Crippen MR) is 109 cm³/mol. The Kier molecular flexibility index (Phi) is 5.28. The average Bonchev–Trinajstić information content (AvgIpc) is 3.34. The molecule has 3 aliphatic rings. The molecular weight excluding hydrogens is 403 g/mol. The van der Waals surface area contributed by atoms with E-state index < -0.39 is 5.97 Å². The number of rotatable bonds is 4. The van der Waals surface area contributed by atoms with E-state index in [-0.39, 0.29) is 22.4 Å². The van der Waals surface area contributed by atoms with Crippen LogP contribution in [-0.4, -0.2) is 22.1 Å². The molecule has 3 aliphatic carbocycles. The molecule has 0 bridgehead atoms. The third-order valence-corrected chi connectivity index (χ3v) is 9.16. The summed E-state index contributed by atoms with van der Waals surface area (Å²) in [4.78, 5) is 25.3. The largest absolute Gasteiger partial charge is 0.481 e. The summed E-state index contributed by atoms with van der Waals surface area (Å²) < 4.78 is 0. The lowest BCUT2D eigenvalue weighted by Gasteiger charge is -2.29. The van der Waals surface area contributed by atoms with Gasteiger partial charge in [0.2, 0.25) is 0 Å². The van der Waals surface area contributed by atoms with Crippen molar-refractivity contribution < 1.29 is 14.7 Å². The van der Waals surface area contributed by atoms with Crippen molar-refractivity contribution in [3.63, 3.8) is 0 Å². The van der Waals surface area contributed by atoms with Crippen LogP contribution in [0, 0.1) is 17.3 Å². The molecule has 146 valence electrons. The van der Waals surface area contributed by atoms with Crippen molar-refractivity contribution in [2.24, 2.45) is 17.3 Å². The fourth-order valence-electron chi connectivity index (χ4n) is 5.23. The fraction of sp³-hybridized carbons (Fsp3) is 0.619. The molecule has 3 atom stereocenters. The Bertz CT molecular complexity index is 803. The van der Waals surface area contributed by atoms with E-state index in [9.17, 15) is 14.7 Å². The molecule has 1 aromatic rings. The second kappa shape index (κ2) is 7.27. The van der Waals surface area contributed by atoms with E-state index >= 15 is 0 Å². The maximum atomic E-state index is 13.2. The van der Waals surface area contributed by atoms with Crippen molar-refractivity contribution in [1.29, 1.82) is 0 Å².